The minimum atomic E-state index is -3.85. The lowest BCUT2D eigenvalue weighted by atomic mass is 10.3. The number of nitrogens with one attached hydrogen (secondary N) is 1. The average Bonchev–Trinajstić information content (AvgIpc) is 2.26. The van der Waals surface area contributed by atoms with Crippen LogP contribution in [0.15, 0.2) is 29.2 Å². The zero-order valence-electron chi connectivity index (χ0n) is 8.63. The van der Waals surface area contributed by atoms with Crippen LogP contribution in [0.2, 0.25) is 0 Å². The summed E-state index contributed by atoms with van der Waals surface area (Å²) in [5, 5.41) is 8.72. The van der Waals surface area contributed by atoms with Gasteiger partial charge in [0, 0.05) is 10.1 Å². The summed E-state index contributed by atoms with van der Waals surface area (Å²) < 4.78 is 26.5. The van der Waals surface area contributed by atoms with Gasteiger partial charge in [0.2, 0.25) is 10.0 Å². The molecule has 0 aliphatic carbocycles. The highest BCUT2D eigenvalue weighted by Gasteiger charge is 2.23. The molecule has 0 heterocycles. The van der Waals surface area contributed by atoms with Crippen molar-refractivity contribution in [1.29, 1.82) is 0 Å². The van der Waals surface area contributed by atoms with Crippen molar-refractivity contribution in [2.45, 2.75) is 10.9 Å². The second kappa shape index (κ2) is 5.76. The molecule has 0 bridgehead atoms. The predicted molar refractivity (Wildman–Crippen MR) is 70.0 cm³/mol. The molecule has 1 rings (SSSR count). The summed E-state index contributed by atoms with van der Waals surface area (Å²) in [6, 6.07) is 4.72. The van der Waals surface area contributed by atoms with E-state index in [1.165, 1.54) is 12.1 Å². The van der Waals surface area contributed by atoms with E-state index in [9.17, 15) is 13.2 Å². The average molecular weight is 370 g/mol. The van der Waals surface area contributed by atoms with Crippen molar-refractivity contribution < 1.29 is 18.3 Å². The Morgan fingerprint density at radius 1 is 1.41 bits per heavy atom. The highest BCUT2D eigenvalue weighted by Crippen LogP contribution is 2.12. The lowest BCUT2D eigenvalue weighted by Crippen LogP contribution is -2.45. The summed E-state index contributed by atoms with van der Waals surface area (Å²) in [6.45, 7) is -0.307. The number of carbonyl (C=O) groups is 1. The van der Waals surface area contributed by atoms with Gasteiger partial charge in [-0.1, -0.05) is 0 Å². The molecule has 8 heteroatoms. The number of carboxylic acid groups (broad SMARTS) is 1. The van der Waals surface area contributed by atoms with Gasteiger partial charge in [0.1, 0.15) is 6.04 Å². The van der Waals surface area contributed by atoms with Crippen molar-refractivity contribution in [1.82, 2.24) is 4.72 Å². The zero-order chi connectivity index (χ0) is 13.1. The van der Waals surface area contributed by atoms with Crippen molar-refractivity contribution in [3.63, 3.8) is 0 Å². The first kappa shape index (κ1) is 14.4. The number of rotatable bonds is 5. The van der Waals surface area contributed by atoms with Crippen LogP contribution < -0.4 is 10.5 Å². The predicted octanol–water partition coefficient (Wildman–Crippen LogP) is -0.0186. The van der Waals surface area contributed by atoms with Crippen molar-refractivity contribution in [3.8, 4) is 0 Å². The Hall–Kier alpha value is -0.710. The maximum atomic E-state index is 11.8. The van der Waals surface area contributed by atoms with Crippen LogP contribution in [0.3, 0.4) is 0 Å². The van der Waals surface area contributed by atoms with Crippen LogP contribution in [0, 0.1) is 3.57 Å². The minimum absolute atomic E-state index is 0.0117. The maximum Gasteiger partial charge on any atom is 0.323 e. The Kier molecular flexibility index (Phi) is 4.86. The molecule has 0 saturated heterocycles. The third-order valence-electron chi connectivity index (χ3n) is 1.96. The van der Waals surface area contributed by atoms with Gasteiger partial charge < -0.3 is 10.8 Å². The van der Waals surface area contributed by atoms with Gasteiger partial charge in [-0.2, -0.15) is 4.72 Å². The maximum absolute atomic E-state index is 11.8. The van der Waals surface area contributed by atoms with E-state index in [1.807, 2.05) is 27.3 Å². The molecule has 17 heavy (non-hydrogen) atoms. The first-order valence-corrected chi connectivity index (χ1v) is 7.14. The summed E-state index contributed by atoms with van der Waals surface area (Å²) in [6.07, 6.45) is 0. The number of nitrogens with two attached hydrogens (primary N) is 1. The highest BCUT2D eigenvalue weighted by atomic mass is 127. The standard InChI is InChI=1S/C9H11IN2O4S/c10-6-1-3-7(4-2-6)17(15,16)12-8(5-11)9(13)14/h1-4,8,12H,5,11H2,(H,13,14)/t8-/m0/s1. The van der Waals surface area contributed by atoms with E-state index in [1.54, 1.807) is 12.1 Å². The Morgan fingerprint density at radius 3 is 2.35 bits per heavy atom. The molecule has 1 aromatic rings. The van der Waals surface area contributed by atoms with E-state index in [-0.39, 0.29) is 11.4 Å². The van der Waals surface area contributed by atoms with Crippen molar-refractivity contribution in [3.05, 3.63) is 27.8 Å². The van der Waals surface area contributed by atoms with Crippen molar-refractivity contribution in [2.75, 3.05) is 6.54 Å². The van der Waals surface area contributed by atoms with Crippen LogP contribution in [0.25, 0.3) is 0 Å². The van der Waals surface area contributed by atoms with Gasteiger partial charge in [-0.3, -0.25) is 4.79 Å². The molecule has 0 fully saturated rings. The normalized spacial score (nSPS) is 13.3. The Labute approximate surface area is 112 Å². The van der Waals surface area contributed by atoms with Gasteiger partial charge in [-0.15, -0.1) is 0 Å². The fourth-order valence-electron chi connectivity index (χ4n) is 1.07. The molecule has 0 spiro atoms. The largest absolute Gasteiger partial charge is 0.480 e. The lowest BCUT2D eigenvalue weighted by molar-refractivity contribution is -0.138. The van der Waals surface area contributed by atoms with Gasteiger partial charge >= 0.3 is 5.97 Å². The number of aliphatic carboxylic acids is 1. The fraction of sp³-hybridized carbons (Fsp3) is 0.222. The van der Waals surface area contributed by atoms with E-state index >= 15 is 0 Å². The first-order valence-electron chi connectivity index (χ1n) is 4.57. The molecular weight excluding hydrogens is 359 g/mol. The van der Waals surface area contributed by atoms with Gasteiger partial charge in [0.15, 0.2) is 0 Å². The lowest BCUT2D eigenvalue weighted by Gasteiger charge is -2.12. The number of halogens is 1. The molecular formula is C9H11IN2O4S. The summed E-state index contributed by atoms with van der Waals surface area (Å²) in [5.74, 6) is -1.30. The molecule has 0 radical (unpaired) electrons. The quantitative estimate of drug-likeness (QED) is 0.632. The summed E-state index contributed by atoms with van der Waals surface area (Å²) >= 11 is 2.04. The van der Waals surface area contributed by atoms with Gasteiger partial charge in [-0.05, 0) is 46.9 Å². The molecule has 0 aliphatic rings. The van der Waals surface area contributed by atoms with E-state index in [2.05, 4.69) is 0 Å². The summed E-state index contributed by atoms with van der Waals surface area (Å²) in [4.78, 5) is 10.7. The fourth-order valence-corrected chi connectivity index (χ4v) is 2.63. The topological polar surface area (TPSA) is 109 Å². The third-order valence-corrected chi connectivity index (χ3v) is 4.16. The molecule has 94 valence electrons. The van der Waals surface area contributed by atoms with Crippen LogP contribution in [-0.2, 0) is 14.8 Å². The molecule has 0 unspecified atom stereocenters. The minimum Gasteiger partial charge on any atom is -0.480 e. The number of hydrogen-bond donors (Lipinski definition) is 3. The molecule has 0 aromatic heterocycles. The van der Waals surface area contributed by atoms with E-state index in [0.29, 0.717) is 0 Å². The third kappa shape index (κ3) is 3.91. The van der Waals surface area contributed by atoms with Crippen LogP contribution in [0.5, 0.6) is 0 Å². The highest BCUT2D eigenvalue weighted by molar-refractivity contribution is 14.1. The van der Waals surface area contributed by atoms with E-state index in [0.717, 1.165) is 3.57 Å². The zero-order valence-corrected chi connectivity index (χ0v) is 11.6. The monoisotopic (exact) mass is 370 g/mol. The van der Waals surface area contributed by atoms with Gasteiger partial charge in [0.25, 0.3) is 0 Å². The molecule has 6 nitrogen and oxygen atoms in total. The number of benzene rings is 1. The SMILES string of the molecule is NC[C@H](NS(=O)(=O)c1ccc(I)cc1)C(=O)O. The van der Waals surface area contributed by atoms with Crippen LogP contribution in [0.4, 0.5) is 0 Å². The summed E-state index contributed by atoms with van der Waals surface area (Å²) in [7, 11) is -3.85. The number of carboxylic acids is 1. The van der Waals surface area contributed by atoms with Gasteiger partial charge in [-0.25, -0.2) is 8.42 Å². The molecule has 0 amide bonds. The van der Waals surface area contributed by atoms with Crippen molar-refractivity contribution in [2.24, 2.45) is 5.73 Å². The van der Waals surface area contributed by atoms with Crippen molar-refractivity contribution >= 4 is 38.6 Å². The van der Waals surface area contributed by atoms with Crippen LogP contribution >= 0.6 is 22.6 Å². The molecule has 1 atom stereocenters. The molecule has 1 aromatic carbocycles. The number of sulfonamides is 1. The van der Waals surface area contributed by atoms with E-state index in [4.69, 9.17) is 10.8 Å². The first-order chi connectivity index (χ1) is 7.86. The van der Waals surface area contributed by atoms with Crippen LogP contribution in [0.1, 0.15) is 0 Å². The molecule has 4 N–H and O–H groups in total. The smallest absolute Gasteiger partial charge is 0.323 e. The molecule has 0 saturated carbocycles. The Balaban J connectivity index is 2.96. The Bertz CT molecular complexity index is 500. The Morgan fingerprint density at radius 2 is 1.94 bits per heavy atom. The summed E-state index contributed by atoms with van der Waals surface area (Å²) in [5.41, 5.74) is 5.17. The second-order valence-electron chi connectivity index (χ2n) is 3.20. The number of hydrogen-bond acceptors (Lipinski definition) is 4. The second-order valence-corrected chi connectivity index (χ2v) is 6.16. The van der Waals surface area contributed by atoms with Crippen LogP contribution in [-0.4, -0.2) is 32.1 Å². The van der Waals surface area contributed by atoms with Gasteiger partial charge in [0.05, 0.1) is 4.90 Å². The van der Waals surface area contributed by atoms with E-state index < -0.39 is 22.0 Å². The molecule has 0 aliphatic heterocycles.